The van der Waals surface area contributed by atoms with E-state index >= 15 is 0 Å². The molecule has 1 aromatic rings. The zero-order chi connectivity index (χ0) is 12.7. The SMILES string of the molecule is NCc1cc(C(=O)N2C[C@@H]3OC(=O)O[C@@H]3C2)co1. The molecule has 0 radical (unpaired) electrons. The molecule has 7 heteroatoms. The average Bonchev–Trinajstić information content (AvgIpc) is 3.00. The third-order valence-electron chi connectivity index (χ3n) is 3.10. The van der Waals surface area contributed by atoms with Gasteiger partial charge in [-0.15, -0.1) is 0 Å². The van der Waals surface area contributed by atoms with Crippen molar-refractivity contribution < 1.29 is 23.5 Å². The predicted molar refractivity (Wildman–Crippen MR) is 57.6 cm³/mol. The first-order chi connectivity index (χ1) is 8.67. The number of carbonyl (C=O) groups is 2. The monoisotopic (exact) mass is 252 g/mol. The number of rotatable bonds is 2. The quantitative estimate of drug-likeness (QED) is 0.750. The molecule has 2 aliphatic rings. The van der Waals surface area contributed by atoms with Gasteiger partial charge >= 0.3 is 6.16 Å². The largest absolute Gasteiger partial charge is 0.509 e. The lowest BCUT2D eigenvalue weighted by Crippen LogP contribution is -2.31. The van der Waals surface area contributed by atoms with Crippen LogP contribution in [0.3, 0.4) is 0 Å². The minimum absolute atomic E-state index is 0.174. The summed E-state index contributed by atoms with van der Waals surface area (Å²) >= 11 is 0. The summed E-state index contributed by atoms with van der Waals surface area (Å²) in [6.45, 7) is 0.940. The Labute approximate surface area is 102 Å². The van der Waals surface area contributed by atoms with Crippen LogP contribution in [-0.2, 0) is 16.0 Å². The number of fused-ring (bicyclic) bond motifs is 1. The molecule has 18 heavy (non-hydrogen) atoms. The van der Waals surface area contributed by atoms with E-state index in [-0.39, 0.29) is 24.7 Å². The second-order valence-corrected chi connectivity index (χ2v) is 4.28. The second-order valence-electron chi connectivity index (χ2n) is 4.28. The van der Waals surface area contributed by atoms with Crippen molar-refractivity contribution in [3.8, 4) is 0 Å². The van der Waals surface area contributed by atoms with Gasteiger partial charge in [0.1, 0.15) is 12.0 Å². The summed E-state index contributed by atoms with van der Waals surface area (Å²) in [7, 11) is 0. The van der Waals surface area contributed by atoms with Crippen molar-refractivity contribution in [2.45, 2.75) is 18.8 Å². The maximum absolute atomic E-state index is 12.1. The van der Waals surface area contributed by atoms with Crippen LogP contribution in [0.1, 0.15) is 16.1 Å². The van der Waals surface area contributed by atoms with Crippen LogP contribution in [0.5, 0.6) is 0 Å². The molecule has 1 amide bonds. The van der Waals surface area contributed by atoms with Crippen molar-refractivity contribution in [1.82, 2.24) is 4.90 Å². The highest BCUT2D eigenvalue weighted by Crippen LogP contribution is 2.25. The Kier molecular flexibility index (Phi) is 2.48. The van der Waals surface area contributed by atoms with E-state index in [4.69, 9.17) is 19.6 Å². The molecule has 0 saturated carbocycles. The van der Waals surface area contributed by atoms with E-state index in [1.807, 2.05) is 0 Å². The molecule has 3 heterocycles. The summed E-state index contributed by atoms with van der Waals surface area (Å²) in [5.41, 5.74) is 5.86. The van der Waals surface area contributed by atoms with Crippen LogP contribution in [0.4, 0.5) is 4.79 Å². The first-order valence-corrected chi connectivity index (χ1v) is 5.61. The molecule has 0 bridgehead atoms. The number of likely N-dealkylation sites (tertiary alicyclic amines) is 1. The fraction of sp³-hybridized carbons (Fsp3) is 0.455. The Hall–Kier alpha value is -2.02. The van der Waals surface area contributed by atoms with E-state index < -0.39 is 6.16 Å². The number of furan rings is 1. The summed E-state index contributed by atoms with van der Waals surface area (Å²) in [6.07, 6.45) is 0.00127. The number of ether oxygens (including phenoxy) is 2. The number of hydrogen-bond acceptors (Lipinski definition) is 6. The van der Waals surface area contributed by atoms with Crippen molar-refractivity contribution in [1.29, 1.82) is 0 Å². The highest BCUT2D eigenvalue weighted by atomic mass is 16.8. The minimum atomic E-state index is -0.661. The summed E-state index contributed by atoms with van der Waals surface area (Å²) in [4.78, 5) is 24.6. The fourth-order valence-corrected chi connectivity index (χ4v) is 2.19. The predicted octanol–water partition coefficient (Wildman–Crippen LogP) is 0.0981. The molecule has 0 spiro atoms. The smallest absolute Gasteiger partial charge is 0.467 e. The molecule has 2 fully saturated rings. The fourth-order valence-electron chi connectivity index (χ4n) is 2.19. The van der Waals surface area contributed by atoms with Crippen LogP contribution >= 0.6 is 0 Å². The number of hydrogen-bond donors (Lipinski definition) is 1. The maximum Gasteiger partial charge on any atom is 0.509 e. The van der Waals surface area contributed by atoms with Gasteiger partial charge in [-0.1, -0.05) is 0 Å². The van der Waals surface area contributed by atoms with E-state index in [0.29, 0.717) is 24.4 Å². The van der Waals surface area contributed by atoms with Crippen molar-refractivity contribution in [2.24, 2.45) is 5.73 Å². The Morgan fingerprint density at radius 2 is 2.06 bits per heavy atom. The van der Waals surface area contributed by atoms with Gasteiger partial charge in [-0.3, -0.25) is 4.79 Å². The number of nitrogens with zero attached hydrogens (tertiary/aromatic N) is 1. The molecule has 0 aliphatic carbocycles. The van der Waals surface area contributed by atoms with Crippen molar-refractivity contribution in [3.05, 3.63) is 23.7 Å². The van der Waals surface area contributed by atoms with Crippen molar-refractivity contribution >= 4 is 12.1 Å². The molecular formula is C11H12N2O5. The van der Waals surface area contributed by atoms with Gasteiger partial charge in [0.25, 0.3) is 5.91 Å². The van der Waals surface area contributed by atoms with Crippen molar-refractivity contribution in [2.75, 3.05) is 13.1 Å². The first-order valence-electron chi connectivity index (χ1n) is 5.61. The van der Waals surface area contributed by atoms with E-state index in [2.05, 4.69) is 0 Å². The molecule has 2 aliphatic heterocycles. The molecule has 0 aromatic carbocycles. The van der Waals surface area contributed by atoms with Crippen molar-refractivity contribution in [3.63, 3.8) is 0 Å². The standard InChI is InChI=1S/C11H12N2O5/c12-2-7-1-6(5-16-7)10(14)13-3-8-9(4-13)18-11(15)17-8/h1,5,8-9H,2-4,12H2/t8-,9+. The molecular weight excluding hydrogens is 240 g/mol. The molecule has 2 atom stereocenters. The summed E-state index contributed by atoms with van der Waals surface area (Å²) in [6, 6.07) is 1.61. The van der Waals surface area contributed by atoms with Gasteiger partial charge in [0.2, 0.25) is 0 Å². The van der Waals surface area contributed by atoms with E-state index in [1.165, 1.54) is 6.26 Å². The lowest BCUT2D eigenvalue weighted by atomic mass is 10.2. The molecule has 2 N–H and O–H groups in total. The molecule has 0 unspecified atom stereocenters. The van der Waals surface area contributed by atoms with Gasteiger partial charge in [0.15, 0.2) is 12.2 Å². The van der Waals surface area contributed by atoms with E-state index in [1.54, 1.807) is 11.0 Å². The summed E-state index contributed by atoms with van der Waals surface area (Å²) in [5, 5.41) is 0. The molecule has 3 rings (SSSR count). The number of amides is 1. The van der Waals surface area contributed by atoms with Gasteiger partial charge in [-0.05, 0) is 6.07 Å². The second kappa shape index (κ2) is 4.02. The zero-order valence-corrected chi connectivity index (χ0v) is 9.50. The van der Waals surface area contributed by atoms with Crippen LogP contribution in [0.2, 0.25) is 0 Å². The Morgan fingerprint density at radius 1 is 1.39 bits per heavy atom. The lowest BCUT2D eigenvalue weighted by Gasteiger charge is -2.15. The highest BCUT2D eigenvalue weighted by molar-refractivity contribution is 5.94. The normalized spacial score (nSPS) is 25.8. The third-order valence-corrected chi connectivity index (χ3v) is 3.10. The molecule has 96 valence electrons. The van der Waals surface area contributed by atoms with E-state index in [9.17, 15) is 9.59 Å². The van der Waals surface area contributed by atoms with Crippen LogP contribution in [0, 0.1) is 0 Å². The Balaban J connectivity index is 1.70. The average molecular weight is 252 g/mol. The Morgan fingerprint density at radius 3 is 2.61 bits per heavy atom. The number of carbonyl (C=O) groups excluding carboxylic acids is 2. The third kappa shape index (κ3) is 1.72. The van der Waals surface area contributed by atoms with Gasteiger partial charge in [-0.25, -0.2) is 4.79 Å². The maximum atomic E-state index is 12.1. The topological polar surface area (TPSA) is 95.0 Å². The summed E-state index contributed by atoms with van der Waals surface area (Å²) < 4.78 is 15.0. The van der Waals surface area contributed by atoms with E-state index in [0.717, 1.165) is 0 Å². The molecule has 1 aromatic heterocycles. The zero-order valence-electron chi connectivity index (χ0n) is 9.50. The highest BCUT2D eigenvalue weighted by Gasteiger charge is 2.45. The van der Waals surface area contributed by atoms with Gasteiger partial charge < -0.3 is 24.5 Å². The lowest BCUT2D eigenvalue weighted by molar-refractivity contribution is 0.0672. The van der Waals surface area contributed by atoms with Crippen LogP contribution < -0.4 is 5.73 Å². The summed E-state index contributed by atoms with van der Waals surface area (Å²) in [5.74, 6) is 0.382. The van der Waals surface area contributed by atoms with Crippen LogP contribution in [0.25, 0.3) is 0 Å². The van der Waals surface area contributed by atoms with Crippen LogP contribution in [-0.4, -0.2) is 42.3 Å². The molecule has 7 nitrogen and oxygen atoms in total. The van der Waals surface area contributed by atoms with Gasteiger partial charge in [0, 0.05) is 0 Å². The van der Waals surface area contributed by atoms with Gasteiger partial charge in [0.05, 0.1) is 25.2 Å². The van der Waals surface area contributed by atoms with Gasteiger partial charge in [-0.2, -0.15) is 0 Å². The first kappa shape index (κ1) is 11.1. The Bertz CT molecular complexity index is 481. The minimum Gasteiger partial charge on any atom is -0.467 e. The number of nitrogens with two attached hydrogens (primary N) is 1. The molecule has 2 saturated heterocycles. The van der Waals surface area contributed by atoms with Crippen LogP contribution in [0.15, 0.2) is 16.7 Å².